The van der Waals surface area contributed by atoms with Crippen molar-refractivity contribution in [3.63, 3.8) is 0 Å². The zero-order valence-corrected chi connectivity index (χ0v) is 9.53. The Hall–Kier alpha value is -0.0400. The monoisotopic (exact) mass is 183 g/mol. The summed E-state index contributed by atoms with van der Waals surface area (Å²) in [5.74, 6) is 0. The van der Waals surface area contributed by atoms with E-state index in [0.29, 0.717) is 5.41 Å². The van der Waals surface area contributed by atoms with E-state index in [1.165, 1.54) is 45.1 Å². The molecule has 0 aromatic rings. The highest BCUT2D eigenvalue weighted by Crippen LogP contribution is 2.47. The van der Waals surface area contributed by atoms with Crippen LogP contribution in [0, 0.1) is 5.41 Å². The van der Waals surface area contributed by atoms with Crippen LogP contribution in [-0.2, 0) is 0 Å². The Balaban J connectivity index is 2.04. The second-order valence-electron chi connectivity index (χ2n) is 4.78. The Kier molecular flexibility index (Phi) is 4.24. The minimum Gasteiger partial charge on any atom is -0.314 e. The van der Waals surface area contributed by atoms with E-state index in [2.05, 4.69) is 26.1 Å². The third-order valence-electron chi connectivity index (χ3n) is 3.52. The molecule has 0 heterocycles. The van der Waals surface area contributed by atoms with Gasteiger partial charge in [-0.3, -0.25) is 0 Å². The molecule has 13 heavy (non-hydrogen) atoms. The fraction of sp³-hybridized carbons (Fsp3) is 1.00. The van der Waals surface area contributed by atoms with E-state index in [-0.39, 0.29) is 0 Å². The van der Waals surface area contributed by atoms with Gasteiger partial charge in [0.25, 0.3) is 0 Å². The van der Waals surface area contributed by atoms with Gasteiger partial charge in [-0.05, 0) is 38.0 Å². The lowest BCUT2D eigenvalue weighted by molar-refractivity contribution is 0.395. The molecule has 1 atom stereocenters. The number of hydrogen-bond donors (Lipinski definition) is 1. The number of nitrogens with one attached hydrogen (secondary N) is 1. The molecule has 1 rings (SSSR count). The maximum atomic E-state index is 3.67. The molecule has 78 valence electrons. The summed E-state index contributed by atoms with van der Waals surface area (Å²) in [5.41, 5.74) is 0.709. The van der Waals surface area contributed by atoms with Crippen molar-refractivity contribution in [2.75, 3.05) is 6.54 Å². The summed E-state index contributed by atoms with van der Waals surface area (Å²) in [7, 11) is 0. The second kappa shape index (κ2) is 4.99. The van der Waals surface area contributed by atoms with Gasteiger partial charge in [-0.25, -0.2) is 0 Å². The predicted octanol–water partition coefficient (Wildman–Crippen LogP) is 3.34. The minimum absolute atomic E-state index is 0.709. The first-order valence-electron chi connectivity index (χ1n) is 5.96. The molecule has 1 saturated carbocycles. The Morgan fingerprint density at radius 1 is 1.31 bits per heavy atom. The van der Waals surface area contributed by atoms with Crippen molar-refractivity contribution in [2.24, 2.45) is 5.41 Å². The molecule has 0 radical (unpaired) electrons. The molecule has 1 aliphatic carbocycles. The van der Waals surface area contributed by atoms with Gasteiger partial charge in [0.15, 0.2) is 0 Å². The number of rotatable bonds is 7. The summed E-state index contributed by atoms with van der Waals surface area (Å²) in [6.45, 7) is 8.17. The van der Waals surface area contributed by atoms with Crippen LogP contribution in [0.4, 0.5) is 0 Å². The lowest BCUT2D eigenvalue weighted by Crippen LogP contribution is -2.31. The molecule has 0 amide bonds. The smallest absolute Gasteiger partial charge is 0.00389 e. The fourth-order valence-corrected chi connectivity index (χ4v) is 1.84. The maximum absolute atomic E-state index is 3.67. The third kappa shape index (κ3) is 3.68. The molecule has 1 fully saturated rings. The molecular formula is C12H25N. The zero-order chi connectivity index (χ0) is 9.73. The van der Waals surface area contributed by atoms with Crippen LogP contribution in [0.1, 0.15) is 59.3 Å². The van der Waals surface area contributed by atoms with E-state index in [4.69, 9.17) is 0 Å². The van der Waals surface area contributed by atoms with Crippen molar-refractivity contribution in [3.05, 3.63) is 0 Å². The molecule has 0 aromatic heterocycles. The average Bonchev–Trinajstić information content (AvgIpc) is 2.92. The lowest BCUT2D eigenvalue weighted by atomic mass is 10.0. The van der Waals surface area contributed by atoms with E-state index < -0.39 is 0 Å². The van der Waals surface area contributed by atoms with Crippen LogP contribution in [0.2, 0.25) is 0 Å². The largest absolute Gasteiger partial charge is 0.314 e. The van der Waals surface area contributed by atoms with Crippen molar-refractivity contribution in [1.82, 2.24) is 5.32 Å². The zero-order valence-electron chi connectivity index (χ0n) is 9.53. The van der Waals surface area contributed by atoms with Gasteiger partial charge in [-0.1, -0.05) is 26.7 Å². The molecule has 1 unspecified atom stereocenters. The van der Waals surface area contributed by atoms with Gasteiger partial charge in [0.05, 0.1) is 0 Å². The van der Waals surface area contributed by atoms with Crippen LogP contribution in [0.25, 0.3) is 0 Å². The van der Waals surface area contributed by atoms with Crippen molar-refractivity contribution >= 4 is 0 Å². The lowest BCUT2D eigenvalue weighted by Gasteiger charge is -2.18. The molecule has 1 aliphatic rings. The Morgan fingerprint density at radius 3 is 2.46 bits per heavy atom. The summed E-state index contributed by atoms with van der Waals surface area (Å²) >= 11 is 0. The van der Waals surface area contributed by atoms with Gasteiger partial charge < -0.3 is 5.32 Å². The topological polar surface area (TPSA) is 12.0 Å². The van der Waals surface area contributed by atoms with E-state index in [1.54, 1.807) is 0 Å². The first-order chi connectivity index (χ1) is 6.22. The first-order valence-corrected chi connectivity index (χ1v) is 5.96. The van der Waals surface area contributed by atoms with Crippen molar-refractivity contribution in [3.8, 4) is 0 Å². The van der Waals surface area contributed by atoms with E-state index in [0.717, 1.165) is 6.04 Å². The highest BCUT2D eigenvalue weighted by molar-refractivity contribution is 4.93. The van der Waals surface area contributed by atoms with Crippen molar-refractivity contribution < 1.29 is 0 Å². The normalized spacial score (nSPS) is 21.5. The Morgan fingerprint density at radius 2 is 2.00 bits per heavy atom. The predicted molar refractivity (Wildman–Crippen MR) is 58.9 cm³/mol. The van der Waals surface area contributed by atoms with Gasteiger partial charge in [0.2, 0.25) is 0 Å². The van der Waals surface area contributed by atoms with Crippen molar-refractivity contribution in [2.45, 2.75) is 65.3 Å². The maximum Gasteiger partial charge on any atom is 0.00389 e. The summed E-state index contributed by atoms with van der Waals surface area (Å²) in [6, 6.07) is 0.726. The molecule has 0 aromatic carbocycles. The third-order valence-corrected chi connectivity index (χ3v) is 3.52. The molecular weight excluding hydrogens is 158 g/mol. The molecule has 1 heteroatoms. The number of unbranched alkanes of at least 4 members (excludes halogenated alkanes) is 1. The highest BCUT2D eigenvalue weighted by Gasteiger charge is 2.40. The van der Waals surface area contributed by atoms with Gasteiger partial charge in [-0.2, -0.15) is 0 Å². The summed E-state index contributed by atoms with van der Waals surface area (Å²) in [6.07, 6.45) is 8.31. The molecule has 0 aliphatic heterocycles. The molecule has 1 N–H and O–H groups in total. The van der Waals surface area contributed by atoms with Crippen LogP contribution in [-0.4, -0.2) is 12.6 Å². The minimum atomic E-state index is 0.709. The van der Waals surface area contributed by atoms with Gasteiger partial charge in [0, 0.05) is 12.6 Å². The summed E-state index contributed by atoms with van der Waals surface area (Å²) in [5, 5.41) is 3.67. The Labute approximate surface area is 83.3 Å². The van der Waals surface area contributed by atoms with Crippen LogP contribution < -0.4 is 5.32 Å². The summed E-state index contributed by atoms with van der Waals surface area (Å²) in [4.78, 5) is 0. The average molecular weight is 183 g/mol. The van der Waals surface area contributed by atoms with E-state index >= 15 is 0 Å². The quantitative estimate of drug-likeness (QED) is 0.638. The van der Waals surface area contributed by atoms with E-state index in [1.807, 2.05) is 0 Å². The summed E-state index contributed by atoms with van der Waals surface area (Å²) < 4.78 is 0. The van der Waals surface area contributed by atoms with Crippen LogP contribution >= 0.6 is 0 Å². The second-order valence-corrected chi connectivity index (χ2v) is 4.78. The van der Waals surface area contributed by atoms with Crippen LogP contribution in [0.3, 0.4) is 0 Å². The van der Waals surface area contributed by atoms with Gasteiger partial charge >= 0.3 is 0 Å². The molecule has 0 bridgehead atoms. The van der Waals surface area contributed by atoms with Crippen molar-refractivity contribution in [1.29, 1.82) is 0 Å². The molecule has 0 spiro atoms. The first kappa shape index (κ1) is 11.0. The number of hydrogen-bond acceptors (Lipinski definition) is 1. The fourth-order valence-electron chi connectivity index (χ4n) is 1.84. The molecule has 1 nitrogen and oxygen atoms in total. The van der Waals surface area contributed by atoms with E-state index in [9.17, 15) is 0 Å². The van der Waals surface area contributed by atoms with Crippen LogP contribution in [0.15, 0.2) is 0 Å². The van der Waals surface area contributed by atoms with Crippen LogP contribution in [0.5, 0.6) is 0 Å². The highest BCUT2D eigenvalue weighted by atomic mass is 14.9. The SMILES string of the molecule is CCCCC(C)NCC1(CC)CC1. The van der Waals surface area contributed by atoms with Gasteiger partial charge in [0.1, 0.15) is 0 Å². The molecule has 0 saturated heterocycles. The Bertz CT molecular complexity index is 138. The van der Waals surface area contributed by atoms with Gasteiger partial charge in [-0.15, -0.1) is 0 Å². The standard InChI is InChI=1S/C12H25N/c1-4-6-7-11(3)13-10-12(5-2)8-9-12/h11,13H,4-10H2,1-3H3.